The van der Waals surface area contributed by atoms with Gasteiger partial charge in [0.25, 0.3) is 0 Å². The smallest absolute Gasteiger partial charge is 0.0622 e. The first kappa shape index (κ1) is 42.5. The van der Waals surface area contributed by atoms with Crippen molar-refractivity contribution in [2.24, 2.45) is 0 Å². The molecule has 0 N–H and O–H groups in total. The van der Waals surface area contributed by atoms with Crippen molar-refractivity contribution < 1.29 is 0 Å². The third-order valence-corrected chi connectivity index (χ3v) is 15.7. The van der Waals surface area contributed by atoms with Crippen molar-refractivity contribution in [1.82, 2.24) is 0 Å². The predicted octanol–water partition coefficient (Wildman–Crippen LogP) is 17.4. The van der Waals surface area contributed by atoms with Crippen molar-refractivity contribution in [2.75, 3.05) is 0 Å². The summed E-state index contributed by atoms with van der Waals surface area (Å²) >= 11 is 0. The number of rotatable bonds is 11. The highest BCUT2D eigenvalue weighted by Gasteiger charge is 2.46. The Morgan fingerprint density at radius 3 is 1.67 bits per heavy atom. The first-order chi connectivity index (χ1) is 33.9. The van der Waals surface area contributed by atoms with E-state index in [-0.39, 0.29) is 11.3 Å². The number of fused-ring (bicyclic) bond motifs is 6. The quantitative estimate of drug-likeness (QED) is 0.121. The van der Waals surface area contributed by atoms with Crippen LogP contribution in [0.15, 0.2) is 243 Å². The summed E-state index contributed by atoms with van der Waals surface area (Å²) < 4.78 is 0. The maximum absolute atomic E-state index is 2.49. The molecule has 0 heterocycles. The molecule has 10 aromatic carbocycles. The van der Waals surface area contributed by atoms with Crippen molar-refractivity contribution in [1.29, 1.82) is 0 Å². The molecule has 0 spiro atoms. The number of hydrogen-bond acceptors (Lipinski definition) is 0. The van der Waals surface area contributed by atoms with Crippen molar-refractivity contribution in [2.45, 2.75) is 56.8 Å². The normalized spacial score (nSPS) is 14.1. The van der Waals surface area contributed by atoms with Gasteiger partial charge in [-0.25, -0.2) is 0 Å². The van der Waals surface area contributed by atoms with E-state index in [1.807, 2.05) is 0 Å². The van der Waals surface area contributed by atoms with E-state index in [0.29, 0.717) is 0 Å². The van der Waals surface area contributed by atoms with Crippen molar-refractivity contribution in [3.63, 3.8) is 0 Å². The van der Waals surface area contributed by atoms with Gasteiger partial charge in [-0.2, -0.15) is 0 Å². The van der Waals surface area contributed by atoms with E-state index >= 15 is 0 Å². The van der Waals surface area contributed by atoms with Crippen LogP contribution in [0.3, 0.4) is 0 Å². The maximum Gasteiger partial charge on any atom is 0.0713 e. The van der Waals surface area contributed by atoms with Gasteiger partial charge in [-0.15, -0.1) is 0 Å². The summed E-state index contributed by atoms with van der Waals surface area (Å²) in [5, 5.41) is 0. The van der Waals surface area contributed by atoms with E-state index in [1.54, 1.807) is 0 Å². The fourth-order valence-corrected chi connectivity index (χ4v) is 12.2. The molecule has 69 heavy (non-hydrogen) atoms. The Morgan fingerprint density at radius 1 is 0.362 bits per heavy atom. The summed E-state index contributed by atoms with van der Waals surface area (Å²) in [6, 6.07) is 91.2. The molecule has 0 amide bonds. The molecule has 0 heteroatoms. The van der Waals surface area contributed by atoms with Crippen LogP contribution in [0, 0.1) is 6.92 Å². The largest absolute Gasteiger partial charge is 0.0713 e. The molecule has 0 saturated heterocycles. The molecule has 0 aliphatic heterocycles. The summed E-state index contributed by atoms with van der Waals surface area (Å²) in [5.74, 6) is 0.286. The first-order valence-corrected chi connectivity index (χ1v) is 24.8. The van der Waals surface area contributed by atoms with E-state index in [4.69, 9.17) is 0 Å². The van der Waals surface area contributed by atoms with Gasteiger partial charge < -0.3 is 0 Å². The zero-order valence-corrected chi connectivity index (χ0v) is 39.8. The van der Waals surface area contributed by atoms with Crippen LogP contribution >= 0.6 is 0 Å². The maximum atomic E-state index is 2.49. The van der Waals surface area contributed by atoms with Crippen LogP contribution in [-0.4, -0.2) is 0 Å². The topological polar surface area (TPSA) is 0 Å². The molecule has 1 unspecified atom stereocenters. The van der Waals surface area contributed by atoms with Gasteiger partial charge in [-0.05, 0) is 144 Å². The highest BCUT2D eigenvalue weighted by Crippen LogP contribution is 2.56. The fraction of sp³-hybridized carbons (Fsp3) is 0.130. The fourth-order valence-electron chi connectivity index (χ4n) is 12.2. The molecule has 2 aliphatic rings. The third kappa shape index (κ3) is 7.29. The third-order valence-electron chi connectivity index (χ3n) is 15.7. The summed E-state index contributed by atoms with van der Waals surface area (Å²) in [4.78, 5) is 0. The first-order valence-electron chi connectivity index (χ1n) is 24.8. The molecule has 10 aromatic rings. The Morgan fingerprint density at radius 2 is 0.928 bits per heavy atom. The van der Waals surface area contributed by atoms with Crippen LogP contribution in [0.5, 0.6) is 0 Å². The lowest BCUT2D eigenvalue weighted by atomic mass is 9.67. The van der Waals surface area contributed by atoms with Gasteiger partial charge in [0.1, 0.15) is 0 Å². The van der Waals surface area contributed by atoms with E-state index in [0.717, 1.165) is 19.3 Å². The standard InChI is InChI=1S/C69H56/c1-47-34-37-52(51-24-19-20-48(42-51)35-39-57(50-21-7-4-8-22-50)54-38-41-65-63(46-54)59-30-15-17-32-64(59)68(65,2)3)45-61(47)58-29-14-13-23-53(58)43-49-36-40-67-62(44-49)60-31-16-18-33-66(60)69(67,55-25-9-5-10-26-55)56-27-11-6-12-28-56/h4-34,36-38,40-42,44-46,57H,35,39,43H2,1-3H3. The van der Waals surface area contributed by atoms with E-state index in [1.165, 1.54) is 111 Å². The minimum Gasteiger partial charge on any atom is -0.0622 e. The molecular weight excluding hydrogens is 829 g/mol. The van der Waals surface area contributed by atoms with Gasteiger partial charge in [-0.1, -0.05) is 250 Å². The summed E-state index contributed by atoms with van der Waals surface area (Å²) in [5.41, 5.74) is 26.3. The predicted molar refractivity (Wildman–Crippen MR) is 289 cm³/mol. The minimum atomic E-state index is -0.392. The summed E-state index contributed by atoms with van der Waals surface area (Å²) in [7, 11) is 0. The Bertz CT molecular complexity index is 3460. The van der Waals surface area contributed by atoms with Crippen LogP contribution in [0.2, 0.25) is 0 Å². The Kier molecular flexibility index (Phi) is 10.7. The van der Waals surface area contributed by atoms with Crippen molar-refractivity contribution >= 4 is 0 Å². The number of aryl methyl sites for hydroxylation is 2. The molecule has 2 aliphatic carbocycles. The lowest BCUT2D eigenvalue weighted by Gasteiger charge is -2.33. The molecule has 332 valence electrons. The highest BCUT2D eigenvalue weighted by molar-refractivity contribution is 5.87. The van der Waals surface area contributed by atoms with E-state index in [2.05, 4.69) is 263 Å². The Labute approximate surface area is 408 Å². The lowest BCUT2D eigenvalue weighted by Crippen LogP contribution is -2.28. The average Bonchev–Trinajstić information content (AvgIpc) is 3.82. The molecule has 0 bridgehead atoms. The van der Waals surface area contributed by atoms with Crippen LogP contribution in [0.4, 0.5) is 0 Å². The monoisotopic (exact) mass is 884 g/mol. The van der Waals surface area contributed by atoms with Gasteiger partial charge in [0, 0.05) is 11.3 Å². The molecule has 0 saturated carbocycles. The second-order valence-corrected chi connectivity index (χ2v) is 19.9. The Balaban J connectivity index is 0.847. The molecular formula is C69H56. The molecule has 12 rings (SSSR count). The summed E-state index contributed by atoms with van der Waals surface area (Å²) in [6.07, 6.45) is 2.85. The zero-order valence-electron chi connectivity index (χ0n) is 39.8. The highest BCUT2D eigenvalue weighted by atomic mass is 14.5. The SMILES string of the molecule is Cc1ccc(-c2cccc(CCC(c3ccccc3)c3ccc4c(c3)-c3ccccc3C4(C)C)c2)cc1-c1ccccc1Cc1ccc2c(c1)-c1ccccc1C2(c1ccccc1)c1ccccc1. The van der Waals surface area contributed by atoms with Crippen LogP contribution < -0.4 is 0 Å². The summed E-state index contributed by atoms with van der Waals surface area (Å²) in [6.45, 7) is 6.99. The Hall–Kier alpha value is -7.80. The van der Waals surface area contributed by atoms with Gasteiger partial charge >= 0.3 is 0 Å². The van der Waals surface area contributed by atoms with Gasteiger partial charge in [0.15, 0.2) is 0 Å². The van der Waals surface area contributed by atoms with Gasteiger partial charge in [-0.3, -0.25) is 0 Å². The van der Waals surface area contributed by atoms with Gasteiger partial charge in [0.2, 0.25) is 0 Å². The lowest BCUT2D eigenvalue weighted by molar-refractivity contribution is 0.659. The zero-order chi connectivity index (χ0) is 46.5. The van der Waals surface area contributed by atoms with Crippen molar-refractivity contribution in [3.8, 4) is 44.5 Å². The molecule has 0 aromatic heterocycles. The average molecular weight is 885 g/mol. The number of benzene rings is 10. The second-order valence-electron chi connectivity index (χ2n) is 19.9. The second kappa shape index (κ2) is 17.4. The van der Waals surface area contributed by atoms with E-state index < -0.39 is 5.41 Å². The van der Waals surface area contributed by atoms with Crippen LogP contribution in [0.1, 0.15) is 92.9 Å². The molecule has 0 radical (unpaired) electrons. The van der Waals surface area contributed by atoms with Crippen LogP contribution in [-0.2, 0) is 23.7 Å². The molecule has 0 fully saturated rings. The van der Waals surface area contributed by atoms with Crippen molar-refractivity contribution in [3.05, 3.63) is 309 Å². The van der Waals surface area contributed by atoms with E-state index in [9.17, 15) is 0 Å². The minimum absolute atomic E-state index is 0.00108. The molecule has 1 atom stereocenters. The van der Waals surface area contributed by atoms with Crippen LogP contribution in [0.25, 0.3) is 44.5 Å². The van der Waals surface area contributed by atoms with Gasteiger partial charge in [0.05, 0.1) is 5.41 Å². The molecule has 0 nitrogen and oxygen atoms in total. The number of hydrogen-bond donors (Lipinski definition) is 0.